The van der Waals surface area contributed by atoms with Gasteiger partial charge in [0, 0.05) is 5.56 Å². The zero-order valence-electron chi connectivity index (χ0n) is 16.3. The fourth-order valence-electron chi connectivity index (χ4n) is 4.47. The maximum atomic E-state index is 15.0. The maximum absolute atomic E-state index is 15.0. The summed E-state index contributed by atoms with van der Waals surface area (Å²) in [6.07, 6.45) is 9.11. The molecule has 1 nitrogen and oxygen atoms in total. The second-order valence-electron chi connectivity index (χ2n) is 7.45. The van der Waals surface area contributed by atoms with E-state index in [9.17, 15) is 9.18 Å². The smallest absolute Gasteiger partial charge is 0.174 e. The molecule has 0 bridgehead atoms. The molecule has 2 heteroatoms. The first-order chi connectivity index (χ1) is 14.7. The number of ketones is 1. The van der Waals surface area contributed by atoms with Crippen LogP contribution in [0.15, 0.2) is 115 Å². The van der Waals surface area contributed by atoms with Crippen molar-refractivity contribution in [3.05, 3.63) is 138 Å². The van der Waals surface area contributed by atoms with Crippen LogP contribution in [0.5, 0.6) is 0 Å². The molecule has 0 radical (unpaired) electrons. The van der Waals surface area contributed by atoms with Gasteiger partial charge < -0.3 is 0 Å². The van der Waals surface area contributed by atoms with Crippen LogP contribution < -0.4 is 0 Å². The van der Waals surface area contributed by atoms with Gasteiger partial charge in [-0.3, -0.25) is 4.79 Å². The van der Waals surface area contributed by atoms with Gasteiger partial charge in [0.15, 0.2) is 5.78 Å². The molecule has 0 fully saturated rings. The van der Waals surface area contributed by atoms with E-state index in [1.165, 1.54) is 6.07 Å². The van der Waals surface area contributed by atoms with E-state index in [1.807, 2.05) is 85.0 Å². The average Bonchev–Trinajstić information content (AvgIpc) is 3.13. The molecule has 2 aliphatic rings. The van der Waals surface area contributed by atoms with Crippen molar-refractivity contribution < 1.29 is 9.18 Å². The Morgan fingerprint density at radius 2 is 1.33 bits per heavy atom. The summed E-state index contributed by atoms with van der Waals surface area (Å²) in [7, 11) is 0. The van der Waals surface area contributed by atoms with E-state index in [2.05, 4.69) is 0 Å². The Kier molecular flexibility index (Phi) is 4.40. The van der Waals surface area contributed by atoms with Crippen LogP contribution in [-0.4, -0.2) is 5.78 Å². The molecule has 5 rings (SSSR count). The minimum absolute atomic E-state index is 0.0655. The highest BCUT2D eigenvalue weighted by Crippen LogP contribution is 2.57. The summed E-state index contributed by atoms with van der Waals surface area (Å²) >= 11 is 0. The Hall–Kier alpha value is -3.78. The van der Waals surface area contributed by atoms with Crippen LogP contribution in [0.25, 0.3) is 16.7 Å². The fourth-order valence-corrected chi connectivity index (χ4v) is 4.47. The van der Waals surface area contributed by atoms with Crippen LogP contribution in [0.3, 0.4) is 0 Å². The quantitative estimate of drug-likeness (QED) is 0.498. The van der Waals surface area contributed by atoms with Gasteiger partial charge in [-0.1, -0.05) is 97.1 Å². The fraction of sp³-hybridized carbons (Fsp3) is 0.0357. The highest BCUT2D eigenvalue weighted by Gasteiger charge is 2.48. The maximum Gasteiger partial charge on any atom is 0.174 e. The molecule has 144 valence electrons. The molecule has 0 aromatic heterocycles. The molecule has 3 aromatic rings. The molecular weight excluding hydrogens is 371 g/mol. The Bertz CT molecular complexity index is 1250. The van der Waals surface area contributed by atoms with Gasteiger partial charge in [-0.05, 0) is 46.1 Å². The molecule has 1 spiro atoms. The van der Waals surface area contributed by atoms with Gasteiger partial charge in [0.05, 0.1) is 0 Å². The second-order valence-corrected chi connectivity index (χ2v) is 7.45. The lowest BCUT2D eigenvalue weighted by Gasteiger charge is -2.33. The lowest BCUT2D eigenvalue weighted by atomic mass is 9.67. The number of rotatable bonds is 3. The van der Waals surface area contributed by atoms with E-state index >= 15 is 0 Å². The summed E-state index contributed by atoms with van der Waals surface area (Å²) in [5.41, 5.74) is 3.83. The van der Waals surface area contributed by atoms with E-state index in [0.717, 1.165) is 22.3 Å². The SMILES string of the molecule is O=C1C=CC=CC12C(c1ccccc1F)=CC(c1ccccc1)=C2c1ccccc1. The highest BCUT2D eigenvalue weighted by atomic mass is 19.1. The van der Waals surface area contributed by atoms with Crippen molar-refractivity contribution in [3.63, 3.8) is 0 Å². The van der Waals surface area contributed by atoms with Crippen LogP contribution in [0.4, 0.5) is 4.39 Å². The van der Waals surface area contributed by atoms with Gasteiger partial charge >= 0.3 is 0 Å². The summed E-state index contributed by atoms with van der Waals surface area (Å²) in [4.78, 5) is 13.5. The lowest BCUT2D eigenvalue weighted by molar-refractivity contribution is -0.117. The number of benzene rings is 3. The standard InChI is InChI=1S/C28H19FO/c29-25-16-8-7-15-22(25)24-19-23(20-11-3-1-4-12-20)27(21-13-5-2-6-14-21)28(24)18-10-9-17-26(28)30/h1-19H. The molecule has 0 N–H and O–H groups in total. The number of allylic oxidation sites excluding steroid dienone is 8. The van der Waals surface area contributed by atoms with Crippen LogP contribution in [0, 0.1) is 11.2 Å². The van der Waals surface area contributed by atoms with Gasteiger partial charge in [0.25, 0.3) is 0 Å². The summed E-state index contributed by atoms with van der Waals surface area (Å²) in [5, 5.41) is 0. The Balaban J connectivity index is 1.87. The van der Waals surface area contributed by atoms with Crippen LogP contribution in [-0.2, 0) is 4.79 Å². The first-order valence-electron chi connectivity index (χ1n) is 9.95. The van der Waals surface area contributed by atoms with Crippen molar-refractivity contribution in [1.82, 2.24) is 0 Å². The van der Waals surface area contributed by atoms with Crippen molar-refractivity contribution in [3.8, 4) is 0 Å². The molecule has 0 amide bonds. The first-order valence-corrected chi connectivity index (χ1v) is 9.95. The second kappa shape index (κ2) is 7.23. The van der Waals surface area contributed by atoms with E-state index < -0.39 is 5.41 Å². The van der Waals surface area contributed by atoms with Gasteiger partial charge in [-0.2, -0.15) is 0 Å². The molecular formula is C28H19FO. The van der Waals surface area contributed by atoms with E-state index in [1.54, 1.807) is 24.3 Å². The Morgan fingerprint density at radius 1 is 0.700 bits per heavy atom. The Morgan fingerprint density at radius 3 is 2.00 bits per heavy atom. The van der Waals surface area contributed by atoms with Gasteiger partial charge in [-0.15, -0.1) is 0 Å². The minimum atomic E-state index is -1.07. The number of hydrogen-bond donors (Lipinski definition) is 0. The number of carbonyl (C=O) groups is 1. The van der Waals surface area contributed by atoms with Crippen LogP contribution in [0.1, 0.15) is 16.7 Å². The van der Waals surface area contributed by atoms with E-state index in [4.69, 9.17) is 0 Å². The van der Waals surface area contributed by atoms with Crippen molar-refractivity contribution in [2.75, 3.05) is 0 Å². The van der Waals surface area contributed by atoms with E-state index in [0.29, 0.717) is 11.1 Å². The highest BCUT2D eigenvalue weighted by molar-refractivity contribution is 6.25. The first kappa shape index (κ1) is 18.3. The number of halogens is 1. The molecule has 0 saturated heterocycles. The molecule has 2 aliphatic carbocycles. The number of carbonyl (C=O) groups excluding carboxylic acids is 1. The Labute approximate surface area is 175 Å². The molecule has 1 unspecified atom stereocenters. The third-order valence-electron chi connectivity index (χ3n) is 5.78. The van der Waals surface area contributed by atoms with Crippen molar-refractivity contribution in [2.45, 2.75) is 0 Å². The average molecular weight is 390 g/mol. The third-order valence-corrected chi connectivity index (χ3v) is 5.78. The van der Waals surface area contributed by atoms with E-state index in [-0.39, 0.29) is 11.6 Å². The minimum Gasteiger partial charge on any atom is -0.293 e. The van der Waals surface area contributed by atoms with Crippen molar-refractivity contribution >= 4 is 22.5 Å². The molecule has 0 aliphatic heterocycles. The summed E-state index contributed by atoms with van der Waals surface area (Å²) < 4.78 is 15.0. The zero-order chi connectivity index (χ0) is 20.6. The number of hydrogen-bond acceptors (Lipinski definition) is 1. The van der Waals surface area contributed by atoms with Crippen molar-refractivity contribution in [1.29, 1.82) is 0 Å². The molecule has 1 atom stereocenters. The predicted molar refractivity (Wildman–Crippen MR) is 120 cm³/mol. The molecule has 0 saturated carbocycles. The van der Waals surface area contributed by atoms with Gasteiger partial charge in [0.2, 0.25) is 0 Å². The molecule has 3 aromatic carbocycles. The topological polar surface area (TPSA) is 17.1 Å². The summed E-state index contributed by atoms with van der Waals surface area (Å²) in [6, 6.07) is 26.6. The monoisotopic (exact) mass is 390 g/mol. The van der Waals surface area contributed by atoms with Crippen LogP contribution in [0.2, 0.25) is 0 Å². The van der Waals surface area contributed by atoms with Crippen molar-refractivity contribution in [2.24, 2.45) is 5.41 Å². The zero-order valence-corrected chi connectivity index (χ0v) is 16.3. The largest absolute Gasteiger partial charge is 0.293 e. The van der Waals surface area contributed by atoms with Gasteiger partial charge in [-0.25, -0.2) is 4.39 Å². The molecule has 30 heavy (non-hydrogen) atoms. The predicted octanol–water partition coefficient (Wildman–Crippen LogP) is 6.52. The summed E-state index contributed by atoms with van der Waals surface area (Å²) in [5.74, 6) is -0.398. The lowest BCUT2D eigenvalue weighted by Crippen LogP contribution is -2.31. The summed E-state index contributed by atoms with van der Waals surface area (Å²) in [6.45, 7) is 0. The van der Waals surface area contributed by atoms with Gasteiger partial charge in [0.1, 0.15) is 11.2 Å². The normalized spacial score (nSPS) is 20.2. The van der Waals surface area contributed by atoms with Crippen LogP contribution >= 0.6 is 0 Å². The third kappa shape index (κ3) is 2.73. The molecule has 0 heterocycles.